The van der Waals surface area contributed by atoms with Gasteiger partial charge in [-0.3, -0.25) is 0 Å². The average Bonchev–Trinajstić information content (AvgIpc) is 2.36. The van der Waals surface area contributed by atoms with E-state index in [-0.39, 0.29) is 5.82 Å². The number of benzene rings is 1. The monoisotopic (exact) mass is 250 g/mol. The van der Waals surface area contributed by atoms with Gasteiger partial charge in [-0.25, -0.2) is 4.39 Å². The molecule has 1 aliphatic rings. The van der Waals surface area contributed by atoms with Crippen molar-refractivity contribution in [2.75, 3.05) is 39.8 Å². The van der Waals surface area contributed by atoms with Crippen LogP contribution in [-0.2, 0) is 6.42 Å². The molecule has 3 heteroatoms. The van der Waals surface area contributed by atoms with Crippen LogP contribution in [-0.4, -0.2) is 49.6 Å². The minimum atomic E-state index is -0.0565. The highest BCUT2D eigenvalue weighted by Gasteiger charge is 2.13. The lowest BCUT2D eigenvalue weighted by Crippen LogP contribution is -2.44. The van der Waals surface area contributed by atoms with Gasteiger partial charge in [0.05, 0.1) is 0 Å². The first-order valence-corrected chi connectivity index (χ1v) is 6.81. The minimum absolute atomic E-state index is 0.0565. The molecule has 0 amide bonds. The maximum Gasteiger partial charge on any atom is 0.126 e. The Morgan fingerprint density at radius 3 is 2.61 bits per heavy atom. The molecule has 1 fully saturated rings. The van der Waals surface area contributed by atoms with Crippen molar-refractivity contribution in [3.05, 3.63) is 35.1 Å². The van der Waals surface area contributed by atoms with E-state index in [1.54, 1.807) is 6.07 Å². The van der Waals surface area contributed by atoms with E-state index in [1.165, 1.54) is 0 Å². The number of likely N-dealkylation sites (N-methyl/N-ethyl adjacent to an activating group) is 1. The van der Waals surface area contributed by atoms with Crippen LogP contribution in [0.2, 0.25) is 0 Å². The van der Waals surface area contributed by atoms with Crippen LogP contribution in [0, 0.1) is 12.7 Å². The molecule has 0 radical (unpaired) electrons. The van der Waals surface area contributed by atoms with Crippen molar-refractivity contribution < 1.29 is 4.39 Å². The van der Waals surface area contributed by atoms with Crippen LogP contribution in [0.3, 0.4) is 0 Å². The van der Waals surface area contributed by atoms with Crippen LogP contribution in [0.15, 0.2) is 18.2 Å². The number of rotatable bonds is 4. The molecule has 2 nitrogen and oxygen atoms in total. The maximum atomic E-state index is 13.6. The summed E-state index contributed by atoms with van der Waals surface area (Å²) in [5.41, 5.74) is 2.01. The zero-order chi connectivity index (χ0) is 13.0. The predicted molar refractivity (Wildman–Crippen MR) is 73.4 cm³/mol. The third-order valence-electron chi connectivity index (χ3n) is 3.72. The summed E-state index contributed by atoms with van der Waals surface area (Å²) in [5, 5.41) is 0. The van der Waals surface area contributed by atoms with Crippen molar-refractivity contribution >= 4 is 0 Å². The number of nitrogens with zero attached hydrogens (tertiary/aromatic N) is 2. The third kappa shape index (κ3) is 3.79. The molecule has 0 aliphatic carbocycles. The summed E-state index contributed by atoms with van der Waals surface area (Å²) in [7, 11) is 2.17. The van der Waals surface area contributed by atoms with Gasteiger partial charge in [-0.1, -0.05) is 17.7 Å². The van der Waals surface area contributed by atoms with Gasteiger partial charge in [0.25, 0.3) is 0 Å². The zero-order valence-corrected chi connectivity index (χ0v) is 11.5. The van der Waals surface area contributed by atoms with Crippen molar-refractivity contribution in [1.29, 1.82) is 0 Å². The van der Waals surface area contributed by atoms with Gasteiger partial charge in [-0.15, -0.1) is 0 Å². The molecule has 1 heterocycles. The average molecular weight is 250 g/mol. The van der Waals surface area contributed by atoms with Gasteiger partial charge in [0.15, 0.2) is 0 Å². The van der Waals surface area contributed by atoms with Crippen LogP contribution in [0.4, 0.5) is 4.39 Å². The topological polar surface area (TPSA) is 6.48 Å². The van der Waals surface area contributed by atoms with E-state index in [9.17, 15) is 4.39 Å². The number of halogens is 1. The zero-order valence-electron chi connectivity index (χ0n) is 11.5. The fourth-order valence-corrected chi connectivity index (χ4v) is 2.46. The first-order valence-electron chi connectivity index (χ1n) is 6.81. The predicted octanol–water partition coefficient (Wildman–Crippen LogP) is 2.31. The SMILES string of the molecule is Cc1ccc(F)c(CCCN2CCN(C)CC2)c1. The summed E-state index contributed by atoms with van der Waals surface area (Å²) in [4.78, 5) is 4.84. The van der Waals surface area contributed by atoms with Crippen molar-refractivity contribution in [3.63, 3.8) is 0 Å². The molecule has 0 bridgehead atoms. The summed E-state index contributed by atoms with van der Waals surface area (Å²) in [6, 6.07) is 5.39. The van der Waals surface area contributed by atoms with Gasteiger partial charge >= 0.3 is 0 Å². The Hall–Kier alpha value is -0.930. The van der Waals surface area contributed by atoms with Gasteiger partial charge in [0, 0.05) is 26.2 Å². The van der Waals surface area contributed by atoms with Crippen LogP contribution in [0.1, 0.15) is 17.5 Å². The summed E-state index contributed by atoms with van der Waals surface area (Å²) < 4.78 is 13.6. The normalized spacial score (nSPS) is 18.2. The van der Waals surface area contributed by atoms with Crippen molar-refractivity contribution in [3.8, 4) is 0 Å². The van der Waals surface area contributed by atoms with E-state index in [0.717, 1.165) is 56.7 Å². The Bertz CT molecular complexity index is 384. The van der Waals surface area contributed by atoms with E-state index in [4.69, 9.17) is 0 Å². The summed E-state index contributed by atoms with van der Waals surface area (Å²) in [5.74, 6) is -0.0565. The van der Waals surface area contributed by atoms with E-state index in [0.29, 0.717) is 0 Å². The summed E-state index contributed by atoms with van der Waals surface area (Å²) in [6.45, 7) is 7.70. The van der Waals surface area contributed by atoms with Gasteiger partial charge < -0.3 is 9.80 Å². The Labute approximate surface area is 109 Å². The molecule has 0 N–H and O–H groups in total. The molecule has 0 unspecified atom stereocenters. The standard InChI is InChI=1S/C15H23FN2/c1-13-5-6-15(16)14(12-13)4-3-7-18-10-8-17(2)9-11-18/h5-6,12H,3-4,7-11H2,1-2H3. The molecule has 100 valence electrons. The quantitative estimate of drug-likeness (QED) is 0.809. The molecule has 1 aromatic carbocycles. The van der Waals surface area contributed by atoms with Crippen LogP contribution in [0.25, 0.3) is 0 Å². The summed E-state index contributed by atoms with van der Waals surface area (Å²) in [6.07, 6.45) is 1.89. The highest BCUT2D eigenvalue weighted by Crippen LogP contribution is 2.12. The lowest BCUT2D eigenvalue weighted by atomic mass is 10.1. The van der Waals surface area contributed by atoms with Gasteiger partial charge in [0.1, 0.15) is 5.82 Å². The largest absolute Gasteiger partial charge is 0.304 e. The molecular formula is C15H23FN2. The molecule has 0 atom stereocenters. The van der Waals surface area contributed by atoms with E-state index in [1.807, 2.05) is 19.1 Å². The summed E-state index contributed by atoms with van der Waals surface area (Å²) >= 11 is 0. The Morgan fingerprint density at radius 1 is 1.17 bits per heavy atom. The molecular weight excluding hydrogens is 227 g/mol. The molecule has 18 heavy (non-hydrogen) atoms. The Morgan fingerprint density at radius 2 is 1.89 bits per heavy atom. The smallest absolute Gasteiger partial charge is 0.126 e. The van der Waals surface area contributed by atoms with Crippen molar-refractivity contribution in [2.45, 2.75) is 19.8 Å². The van der Waals surface area contributed by atoms with Crippen LogP contribution in [0.5, 0.6) is 0 Å². The molecule has 0 saturated carbocycles. The molecule has 0 spiro atoms. The maximum absolute atomic E-state index is 13.6. The van der Waals surface area contributed by atoms with E-state index in [2.05, 4.69) is 16.8 Å². The van der Waals surface area contributed by atoms with Crippen molar-refractivity contribution in [1.82, 2.24) is 9.80 Å². The first kappa shape index (κ1) is 13.5. The number of hydrogen-bond acceptors (Lipinski definition) is 2. The van der Waals surface area contributed by atoms with Gasteiger partial charge in [-0.05, 0) is 45.0 Å². The van der Waals surface area contributed by atoms with E-state index < -0.39 is 0 Å². The molecule has 0 aromatic heterocycles. The fraction of sp³-hybridized carbons (Fsp3) is 0.600. The minimum Gasteiger partial charge on any atom is -0.304 e. The molecule has 2 rings (SSSR count). The second kappa shape index (κ2) is 6.30. The molecule has 1 aliphatic heterocycles. The fourth-order valence-electron chi connectivity index (χ4n) is 2.46. The van der Waals surface area contributed by atoms with Gasteiger partial charge in [0.2, 0.25) is 0 Å². The van der Waals surface area contributed by atoms with Crippen molar-refractivity contribution in [2.24, 2.45) is 0 Å². The number of aryl methyl sites for hydroxylation is 2. The first-order chi connectivity index (χ1) is 8.65. The lowest BCUT2D eigenvalue weighted by Gasteiger charge is -2.32. The molecule has 1 aromatic rings. The number of piperazine rings is 1. The van der Waals surface area contributed by atoms with Gasteiger partial charge in [-0.2, -0.15) is 0 Å². The van der Waals surface area contributed by atoms with Crippen LogP contribution < -0.4 is 0 Å². The molecule has 1 saturated heterocycles. The Kier molecular flexibility index (Phi) is 4.72. The van der Waals surface area contributed by atoms with E-state index >= 15 is 0 Å². The Balaban J connectivity index is 1.76. The third-order valence-corrected chi connectivity index (χ3v) is 3.72. The highest BCUT2D eigenvalue weighted by molar-refractivity contribution is 5.24. The van der Waals surface area contributed by atoms with Crippen LogP contribution >= 0.6 is 0 Å². The lowest BCUT2D eigenvalue weighted by molar-refractivity contribution is 0.153. The highest BCUT2D eigenvalue weighted by atomic mass is 19.1. The second-order valence-corrected chi connectivity index (χ2v) is 5.34. The second-order valence-electron chi connectivity index (χ2n) is 5.34. The number of hydrogen-bond donors (Lipinski definition) is 0.